The molecule has 1 aromatic rings. The molecular formula is C12H17Cl2N. The van der Waals surface area contributed by atoms with Crippen molar-refractivity contribution in [1.29, 1.82) is 0 Å². The molecule has 0 spiro atoms. The lowest BCUT2D eigenvalue weighted by molar-refractivity contribution is 0.792. The number of nitrogens with zero attached hydrogens (tertiary/aromatic N) is 1. The van der Waals surface area contributed by atoms with Gasteiger partial charge >= 0.3 is 0 Å². The van der Waals surface area contributed by atoms with E-state index in [0.717, 1.165) is 40.8 Å². The Morgan fingerprint density at radius 2 is 1.67 bits per heavy atom. The van der Waals surface area contributed by atoms with Crippen molar-refractivity contribution in [3.05, 3.63) is 27.7 Å². The first kappa shape index (κ1) is 12.7. The van der Waals surface area contributed by atoms with Crippen LogP contribution in [0.2, 0.25) is 10.0 Å². The summed E-state index contributed by atoms with van der Waals surface area (Å²) in [7, 11) is 0. The fourth-order valence-corrected chi connectivity index (χ4v) is 2.03. The largest absolute Gasteiger partial charge is 0.372 e. The first-order valence-electron chi connectivity index (χ1n) is 5.30. The summed E-state index contributed by atoms with van der Waals surface area (Å²) in [5, 5.41) is 1.49. The molecule has 1 nitrogen and oxygen atoms in total. The van der Waals surface area contributed by atoms with Gasteiger partial charge in [0.15, 0.2) is 0 Å². The van der Waals surface area contributed by atoms with Gasteiger partial charge in [0, 0.05) is 28.8 Å². The third kappa shape index (κ3) is 3.02. The molecule has 0 saturated heterocycles. The van der Waals surface area contributed by atoms with E-state index in [1.165, 1.54) is 0 Å². The summed E-state index contributed by atoms with van der Waals surface area (Å²) in [5.41, 5.74) is 2.06. The number of anilines is 1. The molecular weight excluding hydrogens is 229 g/mol. The molecule has 0 saturated carbocycles. The average molecular weight is 246 g/mol. The van der Waals surface area contributed by atoms with Crippen LogP contribution in [0.5, 0.6) is 0 Å². The number of benzene rings is 1. The lowest BCUT2D eigenvalue weighted by Crippen LogP contribution is -2.23. The summed E-state index contributed by atoms with van der Waals surface area (Å²) in [6.45, 7) is 8.25. The third-order valence-electron chi connectivity index (χ3n) is 2.51. The number of hydrogen-bond donors (Lipinski definition) is 0. The summed E-state index contributed by atoms with van der Waals surface area (Å²) in [6.07, 6.45) is 1.12. The number of rotatable bonds is 4. The van der Waals surface area contributed by atoms with Crippen molar-refractivity contribution in [2.45, 2.75) is 27.2 Å². The van der Waals surface area contributed by atoms with Gasteiger partial charge in [-0.2, -0.15) is 0 Å². The van der Waals surface area contributed by atoms with Gasteiger partial charge in [0.05, 0.1) is 0 Å². The predicted octanol–water partition coefficient (Wildman–Crippen LogP) is 4.54. The van der Waals surface area contributed by atoms with Crippen LogP contribution in [0.3, 0.4) is 0 Å². The van der Waals surface area contributed by atoms with Crippen molar-refractivity contribution in [1.82, 2.24) is 0 Å². The molecule has 1 rings (SSSR count). The molecule has 0 unspecified atom stereocenters. The highest BCUT2D eigenvalue weighted by Gasteiger charge is 2.08. The monoisotopic (exact) mass is 245 g/mol. The zero-order chi connectivity index (χ0) is 11.4. The molecule has 3 heteroatoms. The molecule has 0 radical (unpaired) electrons. The van der Waals surface area contributed by atoms with Gasteiger partial charge in [-0.15, -0.1) is 0 Å². The van der Waals surface area contributed by atoms with Crippen LogP contribution in [0.1, 0.15) is 25.8 Å². The Morgan fingerprint density at radius 3 is 2.07 bits per heavy atom. The van der Waals surface area contributed by atoms with E-state index >= 15 is 0 Å². The van der Waals surface area contributed by atoms with Gasteiger partial charge in [-0.05, 0) is 38.0 Å². The highest BCUT2D eigenvalue weighted by Crippen LogP contribution is 2.30. The maximum absolute atomic E-state index is 6.11. The molecule has 0 bridgehead atoms. The number of halogens is 2. The highest BCUT2D eigenvalue weighted by atomic mass is 35.5. The van der Waals surface area contributed by atoms with Gasteiger partial charge in [0.25, 0.3) is 0 Å². The minimum atomic E-state index is 0.743. The normalized spacial score (nSPS) is 10.5. The van der Waals surface area contributed by atoms with Crippen molar-refractivity contribution < 1.29 is 0 Å². The van der Waals surface area contributed by atoms with Crippen molar-refractivity contribution >= 4 is 28.9 Å². The zero-order valence-electron chi connectivity index (χ0n) is 9.48. The maximum Gasteiger partial charge on any atom is 0.0470 e. The molecule has 0 aromatic heterocycles. The molecule has 84 valence electrons. The Kier molecular flexibility index (Phi) is 4.75. The van der Waals surface area contributed by atoms with E-state index in [1.807, 2.05) is 19.1 Å². The van der Waals surface area contributed by atoms with Crippen LogP contribution >= 0.6 is 23.2 Å². The van der Waals surface area contributed by atoms with Crippen molar-refractivity contribution in [2.24, 2.45) is 0 Å². The lowest BCUT2D eigenvalue weighted by Gasteiger charge is -2.23. The second-order valence-electron chi connectivity index (χ2n) is 3.61. The fourth-order valence-electron chi connectivity index (χ4n) is 1.55. The van der Waals surface area contributed by atoms with Gasteiger partial charge < -0.3 is 4.90 Å². The molecule has 0 aliphatic carbocycles. The number of hydrogen-bond acceptors (Lipinski definition) is 1. The van der Waals surface area contributed by atoms with Gasteiger partial charge in [-0.3, -0.25) is 0 Å². The third-order valence-corrected chi connectivity index (χ3v) is 3.29. The molecule has 1 aromatic carbocycles. The molecule has 0 fully saturated rings. The van der Waals surface area contributed by atoms with Crippen LogP contribution in [0.15, 0.2) is 12.1 Å². The van der Waals surface area contributed by atoms with Crippen molar-refractivity contribution in [2.75, 3.05) is 18.0 Å². The Balaban J connectivity index is 3.03. The van der Waals surface area contributed by atoms with E-state index in [0.29, 0.717) is 0 Å². The van der Waals surface area contributed by atoms with E-state index in [9.17, 15) is 0 Å². The highest BCUT2D eigenvalue weighted by molar-refractivity contribution is 6.36. The molecule has 15 heavy (non-hydrogen) atoms. The van der Waals surface area contributed by atoms with E-state index in [-0.39, 0.29) is 0 Å². The first-order valence-corrected chi connectivity index (χ1v) is 6.06. The van der Waals surface area contributed by atoms with Crippen molar-refractivity contribution in [3.8, 4) is 0 Å². The van der Waals surface area contributed by atoms with Crippen molar-refractivity contribution in [3.63, 3.8) is 0 Å². The molecule has 0 aliphatic rings. The summed E-state index contributed by atoms with van der Waals surface area (Å²) >= 11 is 12.2. The summed E-state index contributed by atoms with van der Waals surface area (Å²) < 4.78 is 0. The van der Waals surface area contributed by atoms with Gasteiger partial charge in [-0.25, -0.2) is 0 Å². The predicted molar refractivity (Wildman–Crippen MR) is 69.4 cm³/mol. The zero-order valence-corrected chi connectivity index (χ0v) is 11.0. The molecule has 0 N–H and O–H groups in total. The van der Waals surface area contributed by atoms with E-state index in [2.05, 4.69) is 18.7 Å². The maximum atomic E-state index is 6.11. The second kappa shape index (κ2) is 5.62. The molecule has 0 heterocycles. The Bertz CT molecular complexity index is 313. The molecule has 0 amide bonds. The first-order chi connectivity index (χ1) is 7.10. The minimum absolute atomic E-state index is 0.743. The van der Waals surface area contributed by atoms with Crippen LogP contribution in [-0.4, -0.2) is 13.1 Å². The summed E-state index contributed by atoms with van der Waals surface area (Å²) in [6, 6.07) is 3.98. The van der Waals surface area contributed by atoms with Crippen LogP contribution < -0.4 is 4.90 Å². The summed E-state index contributed by atoms with van der Waals surface area (Å²) in [4.78, 5) is 2.28. The van der Waals surface area contributed by atoms with Crippen LogP contribution in [0.4, 0.5) is 5.69 Å². The van der Waals surface area contributed by atoms with Gasteiger partial charge in [0.2, 0.25) is 0 Å². The Morgan fingerprint density at radius 1 is 1.13 bits per heavy atom. The Hall–Kier alpha value is -0.400. The average Bonchev–Trinajstić information content (AvgIpc) is 2.22. The summed E-state index contributed by atoms with van der Waals surface area (Å²) in [5.74, 6) is 0. The molecule has 0 aliphatic heterocycles. The fraction of sp³-hybridized carbons (Fsp3) is 0.500. The topological polar surface area (TPSA) is 3.24 Å². The van der Waals surface area contributed by atoms with E-state index < -0.39 is 0 Å². The van der Waals surface area contributed by atoms with Gasteiger partial charge in [-0.1, -0.05) is 30.1 Å². The smallest absolute Gasteiger partial charge is 0.0470 e. The molecule has 0 atom stereocenters. The SMILES string of the molecule is CCCN(CC)c1cc(Cl)c(C)c(Cl)c1. The minimum Gasteiger partial charge on any atom is -0.372 e. The standard InChI is InChI=1S/C12H17Cl2N/c1-4-6-15(5-2)10-7-11(13)9(3)12(14)8-10/h7-8H,4-6H2,1-3H3. The van der Waals surface area contributed by atoms with E-state index in [1.54, 1.807) is 0 Å². The van der Waals surface area contributed by atoms with Crippen LogP contribution in [0, 0.1) is 6.92 Å². The van der Waals surface area contributed by atoms with Crippen LogP contribution in [-0.2, 0) is 0 Å². The van der Waals surface area contributed by atoms with E-state index in [4.69, 9.17) is 23.2 Å². The van der Waals surface area contributed by atoms with Gasteiger partial charge in [0.1, 0.15) is 0 Å². The lowest BCUT2D eigenvalue weighted by atomic mass is 10.2. The quantitative estimate of drug-likeness (QED) is 0.753. The van der Waals surface area contributed by atoms with Crippen LogP contribution in [0.25, 0.3) is 0 Å². The second-order valence-corrected chi connectivity index (χ2v) is 4.43. The Labute approximate surface area is 102 Å².